The molecule has 0 atom stereocenters. The molecule has 72 valence electrons. The minimum absolute atomic E-state index is 0.795. The van der Waals surface area contributed by atoms with Gasteiger partial charge >= 0.3 is 0 Å². The molecule has 0 aliphatic rings. The van der Waals surface area contributed by atoms with E-state index in [2.05, 4.69) is 17.2 Å². The maximum Gasteiger partial charge on any atom is 0.0436 e. The predicted octanol–water partition coefficient (Wildman–Crippen LogP) is 2.25. The van der Waals surface area contributed by atoms with Crippen molar-refractivity contribution >= 4 is 22.1 Å². The van der Waals surface area contributed by atoms with E-state index in [1.807, 2.05) is 24.4 Å². The second-order valence-electron chi connectivity index (χ2n) is 3.15. The summed E-state index contributed by atoms with van der Waals surface area (Å²) in [6.07, 6.45) is 3.60. The number of nitrogens with two attached hydrogens (primary N) is 1. The second kappa shape index (κ2) is 3.54. The van der Waals surface area contributed by atoms with Crippen LogP contribution >= 0.6 is 0 Å². The lowest BCUT2D eigenvalue weighted by Crippen LogP contribution is -1.98. The number of nitrogens with zero attached hydrogens (tertiary/aromatic N) is 1. The zero-order valence-electron chi connectivity index (χ0n) is 8.12. The van der Waals surface area contributed by atoms with Crippen molar-refractivity contribution in [3.63, 3.8) is 0 Å². The van der Waals surface area contributed by atoms with E-state index in [0.717, 1.165) is 28.7 Å². The molecule has 0 unspecified atom stereocenters. The first-order valence-corrected chi connectivity index (χ1v) is 4.69. The minimum atomic E-state index is 0.795. The standard InChI is InChI=1S/C11H13N3/c1-2-14-11-4-3-10(12)8-5-6-13-7-9(8)11/h3-7,14H,2,12H2,1H3. The number of nitrogens with one attached hydrogen (secondary N) is 1. The fourth-order valence-electron chi connectivity index (χ4n) is 1.56. The van der Waals surface area contributed by atoms with Crippen molar-refractivity contribution in [2.45, 2.75) is 6.92 Å². The van der Waals surface area contributed by atoms with Crippen LogP contribution in [0.2, 0.25) is 0 Å². The highest BCUT2D eigenvalue weighted by Crippen LogP contribution is 2.26. The highest BCUT2D eigenvalue weighted by molar-refractivity contribution is 6.00. The number of pyridine rings is 1. The molecule has 0 saturated heterocycles. The van der Waals surface area contributed by atoms with E-state index < -0.39 is 0 Å². The number of fused-ring (bicyclic) bond motifs is 1. The topological polar surface area (TPSA) is 50.9 Å². The number of rotatable bonds is 2. The van der Waals surface area contributed by atoms with Crippen molar-refractivity contribution in [1.29, 1.82) is 0 Å². The summed E-state index contributed by atoms with van der Waals surface area (Å²) in [5.41, 5.74) is 7.75. The van der Waals surface area contributed by atoms with Crippen LogP contribution in [0.5, 0.6) is 0 Å². The van der Waals surface area contributed by atoms with Crippen LogP contribution in [0.15, 0.2) is 30.6 Å². The van der Waals surface area contributed by atoms with Crippen molar-refractivity contribution in [3.05, 3.63) is 30.6 Å². The van der Waals surface area contributed by atoms with Crippen LogP contribution in [-0.4, -0.2) is 11.5 Å². The third-order valence-electron chi connectivity index (χ3n) is 2.22. The Hall–Kier alpha value is -1.77. The van der Waals surface area contributed by atoms with Crippen molar-refractivity contribution in [2.75, 3.05) is 17.6 Å². The molecule has 0 aliphatic heterocycles. The van der Waals surface area contributed by atoms with E-state index in [-0.39, 0.29) is 0 Å². The van der Waals surface area contributed by atoms with E-state index in [0.29, 0.717) is 0 Å². The maximum absolute atomic E-state index is 5.87. The van der Waals surface area contributed by atoms with Crippen LogP contribution < -0.4 is 11.1 Å². The van der Waals surface area contributed by atoms with Crippen LogP contribution in [0.4, 0.5) is 11.4 Å². The Kier molecular flexibility index (Phi) is 2.23. The summed E-state index contributed by atoms with van der Waals surface area (Å²) < 4.78 is 0. The normalized spacial score (nSPS) is 10.4. The highest BCUT2D eigenvalue weighted by Gasteiger charge is 2.02. The third-order valence-corrected chi connectivity index (χ3v) is 2.22. The van der Waals surface area contributed by atoms with Crippen molar-refractivity contribution < 1.29 is 0 Å². The Bertz CT molecular complexity index is 451. The summed E-state index contributed by atoms with van der Waals surface area (Å²) in [6, 6.07) is 5.84. The Morgan fingerprint density at radius 1 is 1.29 bits per heavy atom. The first kappa shape index (κ1) is 8.81. The predicted molar refractivity (Wildman–Crippen MR) is 60.3 cm³/mol. The molecule has 0 aliphatic carbocycles. The van der Waals surface area contributed by atoms with Gasteiger partial charge in [0.1, 0.15) is 0 Å². The molecule has 14 heavy (non-hydrogen) atoms. The van der Waals surface area contributed by atoms with Gasteiger partial charge < -0.3 is 11.1 Å². The van der Waals surface area contributed by atoms with Gasteiger partial charge in [0.05, 0.1) is 0 Å². The molecule has 0 bridgehead atoms. The average molecular weight is 187 g/mol. The third kappa shape index (κ3) is 1.37. The van der Waals surface area contributed by atoms with E-state index in [9.17, 15) is 0 Å². The van der Waals surface area contributed by atoms with Crippen LogP contribution in [0.1, 0.15) is 6.92 Å². The number of nitrogen functional groups attached to an aromatic ring is 1. The fourth-order valence-corrected chi connectivity index (χ4v) is 1.56. The summed E-state index contributed by atoms with van der Waals surface area (Å²) in [6.45, 7) is 2.96. The molecule has 0 fully saturated rings. The van der Waals surface area contributed by atoms with E-state index in [1.54, 1.807) is 6.20 Å². The lowest BCUT2D eigenvalue weighted by Gasteiger charge is -2.08. The first-order valence-electron chi connectivity index (χ1n) is 4.69. The molecule has 3 N–H and O–H groups in total. The van der Waals surface area contributed by atoms with Gasteiger partial charge in [-0.3, -0.25) is 4.98 Å². The number of hydrogen-bond donors (Lipinski definition) is 2. The molecule has 3 heteroatoms. The highest BCUT2D eigenvalue weighted by atomic mass is 14.9. The van der Waals surface area contributed by atoms with E-state index >= 15 is 0 Å². The van der Waals surface area contributed by atoms with Crippen LogP contribution in [0, 0.1) is 0 Å². The number of aromatic nitrogens is 1. The molecule has 1 heterocycles. The SMILES string of the molecule is CCNc1ccc(N)c2ccncc12. The molecule has 0 spiro atoms. The average Bonchev–Trinajstić information content (AvgIpc) is 2.23. The van der Waals surface area contributed by atoms with Gasteiger partial charge in [0.15, 0.2) is 0 Å². The molecule has 0 amide bonds. The lowest BCUT2D eigenvalue weighted by molar-refractivity contribution is 1.22. The van der Waals surface area contributed by atoms with Crippen molar-refractivity contribution in [3.8, 4) is 0 Å². The van der Waals surface area contributed by atoms with Gasteiger partial charge in [-0.15, -0.1) is 0 Å². The summed E-state index contributed by atoms with van der Waals surface area (Å²) in [5.74, 6) is 0. The number of benzene rings is 1. The second-order valence-corrected chi connectivity index (χ2v) is 3.15. The Labute approximate surface area is 83.0 Å². The Morgan fingerprint density at radius 2 is 2.14 bits per heavy atom. The zero-order chi connectivity index (χ0) is 9.97. The summed E-state index contributed by atoms with van der Waals surface area (Å²) in [7, 11) is 0. The summed E-state index contributed by atoms with van der Waals surface area (Å²) in [5, 5.41) is 5.41. The summed E-state index contributed by atoms with van der Waals surface area (Å²) >= 11 is 0. The largest absolute Gasteiger partial charge is 0.398 e. The number of anilines is 2. The van der Waals surface area contributed by atoms with Crippen molar-refractivity contribution in [2.24, 2.45) is 0 Å². The molecule has 3 nitrogen and oxygen atoms in total. The van der Waals surface area contributed by atoms with Gasteiger partial charge in [-0.2, -0.15) is 0 Å². The van der Waals surface area contributed by atoms with E-state index in [1.165, 1.54) is 0 Å². The molecular formula is C11H13N3. The zero-order valence-corrected chi connectivity index (χ0v) is 8.12. The van der Waals surface area contributed by atoms with Gasteiger partial charge in [-0.1, -0.05) is 0 Å². The smallest absolute Gasteiger partial charge is 0.0436 e. The maximum atomic E-state index is 5.87. The molecule has 0 saturated carbocycles. The van der Waals surface area contributed by atoms with Gasteiger partial charge in [0.2, 0.25) is 0 Å². The molecule has 1 aromatic carbocycles. The Morgan fingerprint density at radius 3 is 2.93 bits per heavy atom. The van der Waals surface area contributed by atoms with Crippen LogP contribution in [0.25, 0.3) is 10.8 Å². The molecule has 0 radical (unpaired) electrons. The monoisotopic (exact) mass is 187 g/mol. The first-order chi connectivity index (χ1) is 6.83. The molecular weight excluding hydrogens is 174 g/mol. The van der Waals surface area contributed by atoms with Gasteiger partial charge in [0, 0.05) is 41.1 Å². The van der Waals surface area contributed by atoms with Gasteiger partial charge in [0.25, 0.3) is 0 Å². The van der Waals surface area contributed by atoms with E-state index in [4.69, 9.17) is 5.73 Å². The molecule has 2 rings (SSSR count). The number of hydrogen-bond acceptors (Lipinski definition) is 3. The summed E-state index contributed by atoms with van der Waals surface area (Å²) in [4.78, 5) is 4.10. The van der Waals surface area contributed by atoms with Crippen LogP contribution in [0.3, 0.4) is 0 Å². The molecule has 1 aromatic heterocycles. The van der Waals surface area contributed by atoms with Gasteiger partial charge in [-0.25, -0.2) is 0 Å². The van der Waals surface area contributed by atoms with Crippen LogP contribution in [-0.2, 0) is 0 Å². The fraction of sp³-hybridized carbons (Fsp3) is 0.182. The quantitative estimate of drug-likeness (QED) is 0.709. The lowest BCUT2D eigenvalue weighted by atomic mass is 10.1. The molecule has 2 aromatic rings. The Balaban J connectivity index is 2.68. The minimum Gasteiger partial charge on any atom is -0.398 e. The van der Waals surface area contributed by atoms with Gasteiger partial charge in [-0.05, 0) is 25.1 Å². The van der Waals surface area contributed by atoms with Crippen molar-refractivity contribution in [1.82, 2.24) is 4.98 Å².